The molecule has 0 bridgehead atoms. The van der Waals surface area contributed by atoms with Crippen LogP contribution in [0, 0.1) is 0 Å². The van der Waals surface area contributed by atoms with Crippen LogP contribution in [0.1, 0.15) is 51.4 Å². The highest BCUT2D eigenvalue weighted by Crippen LogP contribution is 2.28. The van der Waals surface area contributed by atoms with E-state index in [2.05, 4.69) is 36.3 Å². The molecule has 21 heavy (non-hydrogen) atoms. The van der Waals surface area contributed by atoms with Gasteiger partial charge in [0.25, 0.3) is 0 Å². The van der Waals surface area contributed by atoms with Gasteiger partial charge in [-0.3, -0.25) is 0 Å². The molecule has 0 aliphatic carbocycles. The van der Waals surface area contributed by atoms with Crippen LogP contribution in [0.4, 0.5) is 5.69 Å². The number of nitrogen functional groups attached to an aromatic ring is 1. The normalized spacial score (nSPS) is 17.9. The Kier molecular flexibility index (Phi) is 3.89. The number of nitrogens with zero attached hydrogens (tertiary/aromatic N) is 3. The van der Waals surface area contributed by atoms with Crippen LogP contribution in [0.15, 0.2) is 18.2 Å². The van der Waals surface area contributed by atoms with E-state index in [-0.39, 0.29) is 0 Å². The molecule has 114 valence electrons. The smallest absolute Gasteiger partial charge is 0.112 e. The first-order chi connectivity index (χ1) is 10.1. The number of rotatable bonds is 4. The Morgan fingerprint density at radius 2 is 1.90 bits per heavy atom. The summed E-state index contributed by atoms with van der Waals surface area (Å²) in [6.45, 7) is 10.3. The second kappa shape index (κ2) is 5.68. The van der Waals surface area contributed by atoms with E-state index in [1.165, 1.54) is 37.3 Å². The Morgan fingerprint density at radius 3 is 2.57 bits per heavy atom. The molecule has 4 heteroatoms. The fraction of sp³-hybridized carbons (Fsp3) is 0.588. The average molecular weight is 286 g/mol. The summed E-state index contributed by atoms with van der Waals surface area (Å²) < 4.78 is 2.41. The number of benzene rings is 1. The van der Waals surface area contributed by atoms with Crippen molar-refractivity contribution in [1.29, 1.82) is 0 Å². The highest BCUT2D eigenvalue weighted by Gasteiger charge is 2.21. The van der Waals surface area contributed by atoms with Gasteiger partial charge in [-0.15, -0.1) is 0 Å². The standard InChI is InChI=1S/C17H26N4/c1-12(2)17-19-15-10-14(18)6-7-16(15)21(17)13(3)11-20-8-4-5-9-20/h6-7,10,12-13H,4-5,8-9,11,18H2,1-3H3. The number of anilines is 1. The molecule has 2 heterocycles. The van der Waals surface area contributed by atoms with Gasteiger partial charge in [0, 0.05) is 24.2 Å². The average Bonchev–Trinajstić information content (AvgIpc) is 3.04. The molecule has 3 rings (SSSR count). The lowest BCUT2D eigenvalue weighted by molar-refractivity contribution is 0.286. The summed E-state index contributed by atoms with van der Waals surface area (Å²) in [7, 11) is 0. The lowest BCUT2D eigenvalue weighted by Gasteiger charge is -2.24. The van der Waals surface area contributed by atoms with Crippen molar-refractivity contribution in [3.63, 3.8) is 0 Å². The summed E-state index contributed by atoms with van der Waals surface area (Å²) in [4.78, 5) is 7.40. The van der Waals surface area contributed by atoms with Crippen molar-refractivity contribution in [3.05, 3.63) is 24.0 Å². The van der Waals surface area contributed by atoms with Crippen LogP contribution in [-0.2, 0) is 0 Å². The lowest BCUT2D eigenvalue weighted by atomic mass is 10.2. The minimum atomic E-state index is 0.416. The third-order valence-electron chi connectivity index (χ3n) is 4.42. The van der Waals surface area contributed by atoms with Crippen molar-refractivity contribution in [2.24, 2.45) is 0 Å². The highest BCUT2D eigenvalue weighted by molar-refractivity contribution is 5.80. The second-order valence-corrected chi connectivity index (χ2v) is 6.60. The molecule has 1 atom stereocenters. The summed E-state index contributed by atoms with van der Waals surface area (Å²) in [5.41, 5.74) is 8.93. The van der Waals surface area contributed by atoms with Crippen molar-refractivity contribution in [2.75, 3.05) is 25.4 Å². The molecule has 2 N–H and O–H groups in total. The zero-order valence-electron chi connectivity index (χ0n) is 13.3. The maximum absolute atomic E-state index is 5.91. The van der Waals surface area contributed by atoms with E-state index in [0.29, 0.717) is 12.0 Å². The maximum atomic E-state index is 5.91. The Labute approximate surface area is 126 Å². The molecule has 0 radical (unpaired) electrons. The molecule has 1 aromatic heterocycles. The number of fused-ring (bicyclic) bond motifs is 1. The van der Waals surface area contributed by atoms with E-state index in [0.717, 1.165) is 17.7 Å². The summed E-state index contributed by atoms with van der Waals surface area (Å²) in [5.74, 6) is 1.59. The summed E-state index contributed by atoms with van der Waals surface area (Å²) in [6.07, 6.45) is 2.68. The Morgan fingerprint density at radius 1 is 1.19 bits per heavy atom. The number of aromatic nitrogens is 2. The molecule has 0 spiro atoms. The van der Waals surface area contributed by atoms with Crippen molar-refractivity contribution in [1.82, 2.24) is 14.5 Å². The minimum absolute atomic E-state index is 0.416. The van der Waals surface area contributed by atoms with E-state index < -0.39 is 0 Å². The van der Waals surface area contributed by atoms with E-state index in [9.17, 15) is 0 Å². The highest BCUT2D eigenvalue weighted by atomic mass is 15.2. The van der Waals surface area contributed by atoms with Crippen molar-refractivity contribution < 1.29 is 0 Å². The molecule has 2 aromatic rings. The van der Waals surface area contributed by atoms with Gasteiger partial charge in [-0.1, -0.05) is 13.8 Å². The number of nitrogens with two attached hydrogens (primary N) is 1. The fourth-order valence-corrected chi connectivity index (χ4v) is 3.43. The van der Waals surface area contributed by atoms with Gasteiger partial charge >= 0.3 is 0 Å². The van der Waals surface area contributed by atoms with E-state index in [1.807, 2.05) is 12.1 Å². The predicted octanol–water partition coefficient (Wildman–Crippen LogP) is 3.40. The Balaban J connectivity index is 1.99. The second-order valence-electron chi connectivity index (χ2n) is 6.60. The molecule has 1 aliphatic rings. The number of hydrogen-bond donors (Lipinski definition) is 1. The van der Waals surface area contributed by atoms with Crippen molar-refractivity contribution >= 4 is 16.7 Å². The van der Waals surface area contributed by atoms with Crippen molar-refractivity contribution in [2.45, 2.75) is 45.6 Å². The van der Waals surface area contributed by atoms with Crippen LogP contribution in [-0.4, -0.2) is 34.1 Å². The third kappa shape index (κ3) is 2.77. The van der Waals surface area contributed by atoms with Gasteiger partial charge in [-0.25, -0.2) is 4.98 Å². The molecule has 0 saturated carbocycles. The first-order valence-electron chi connectivity index (χ1n) is 8.06. The minimum Gasteiger partial charge on any atom is -0.399 e. The molecular formula is C17H26N4. The number of likely N-dealkylation sites (tertiary alicyclic amines) is 1. The van der Waals surface area contributed by atoms with Gasteiger partial charge in [-0.05, 0) is 51.1 Å². The van der Waals surface area contributed by atoms with Crippen LogP contribution in [0.5, 0.6) is 0 Å². The lowest BCUT2D eigenvalue weighted by Crippen LogP contribution is -2.28. The van der Waals surface area contributed by atoms with Gasteiger partial charge in [-0.2, -0.15) is 0 Å². The van der Waals surface area contributed by atoms with Gasteiger partial charge in [0.05, 0.1) is 11.0 Å². The molecule has 1 unspecified atom stereocenters. The first-order valence-corrected chi connectivity index (χ1v) is 8.06. The Bertz CT molecular complexity index is 623. The van der Waals surface area contributed by atoms with Gasteiger partial charge in [0.15, 0.2) is 0 Å². The summed E-state index contributed by atoms with van der Waals surface area (Å²) in [6, 6.07) is 6.52. The first kappa shape index (κ1) is 14.4. The monoisotopic (exact) mass is 286 g/mol. The van der Waals surface area contributed by atoms with Crippen LogP contribution in [0.2, 0.25) is 0 Å². The van der Waals surface area contributed by atoms with Crippen LogP contribution in [0.25, 0.3) is 11.0 Å². The Hall–Kier alpha value is -1.55. The molecule has 0 amide bonds. The van der Waals surface area contributed by atoms with Crippen LogP contribution in [0.3, 0.4) is 0 Å². The van der Waals surface area contributed by atoms with Crippen LogP contribution >= 0.6 is 0 Å². The molecule has 4 nitrogen and oxygen atoms in total. The topological polar surface area (TPSA) is 47.1 Å². The maximum Gasteiger partial charge on any atom is 0.112 e. The third-order valence-corrected chi connectivity index (χ3v) is 4.42. The molecular weight excluding hydrogens is 260 g/mol. The van der Waals surface area contributed by atoms with E-state index in [4.69, 9.17) is 10.7 Å². The van der Waals surface area contributed by atoms with Crippen molar-refractivity contribution in [3.8, 4) is 0 Å². The molecule has 1 aliphatic heterocycles. The fourth-order valence-electron chi connectivity index (χ4n) is 3.43. The van der Waals surface area contributed by atoms with Gasteiger partial charge < -0.3 is 15.2 Å². The molecule has 1 fully saturated rings. The quantitative estimate of drug-likeness (QED) is 0.876. The van der Waals surface area contributed by atoms with Crippen LogP contribution < -0.4 is 5.73 Å². The largest absolute Gasteiger partial charge is 0.399 e. The van der Waals surface area contributed by atoms with E-state index >= 15 is 0 Å². The summed E-state index contributed by atoms with van der Waals surface area (Å²) in [5, 5.41) is 0. The van der Waals surface area contributed by atoms with E-state index in [1.54, 1.807) is 0 Å². The SMILES string of the molecule is CC(C)c1nc2cc(N)ccc2n1C(C)CN1CCCC1. The van der Waals surface area contributed by atoms with Gasteiger partial charge in [0.1, 0.15) is 5.82 Å². The zero-order chi connectivity index (χ0) is 15.0. The number of imidazole rings is 1. The molecule has 1 aromatic carbocycles. The molecule has 1 saturated heterocycles. The number of hydrogen-bond acceptors (Lipinski definition) is 3. The summed E-state index contributed by atoms with van der Waals surface area (Å²) >= 11 is 0. The predicted molar refractivity (Wildman–Crippen MR) is 88.6 cm³/mol. The zero-order valence-corrected chi connectivity index (χ0v) is 13.3. The van der Waals surface area contributed by atoms with Gasteiger partial charge in [0.2, 0.25) is 0 Å².